The minimum absolute atomic E-state index is 0.142. The van der Waals surface area contributed by atoms with E-state index in [0.29, 0.717) is 0 Å². The van der Waals surface area contributed by atoms with Gasteiger partial charge < -0.3 is 10.4 Å². The summed E-state index contributed by atoms with van der Waals surface area (Å²) in [6, 6.07) is 16.5. The highest BCUT2D eigenvalue weighted by atomic mass is 35.5. The Bertz CT molecular complexity index is 686. The second kappa shape index (κ2) is 8.53. The number of halogens is 2. The van der Waals surface area contributed by atoms with Crippen LogP contribution in [0.2, 0.25) is 10.0 Å². The van der Waals surface area contributed by atoms with Gasteiger partial charge in [0.25, 0.3) is 0 Å². The topological polar surface area (TPSA) is 36.8 Å². The number of aliphatic hydroxyl groups is 1. The van der Waals surface area contributed by atoms with Crippen LogP contribution in [-0.2, 0) is 0 Å². The highest BCUT2D eigenvalue weighted by molar-refractivity contribution is 6.30. The van der Waals surface area contributed by atoms with E-state index in [-0.39, 0.29) is 23.9 Å². The third kappa shape index (κ3) is 4.19. The fourth-order valence-corrected chi connectivity index (χ4v) is 4.93. The summed E-state index contributed by atoms with van der Waals surface area (Å²) in [6.07, 6.45) is 2.95. The van der Waals surface area contributed by atoms with Gasteiger partial charge in [0, 0.05) is 33.0 Å². The molecular formula is C23H30Cl2NO+. The molecule has 1 unspecified atom stereocenters. The molecular weight excluding hydrogens is 377 g/mol. The molecule has 0 aliphatic carbocycles. The Morgan fingerprint density at radius 1 is 0.852 bits per heavy atom. The van der Waals surface area contributed by atoms with E-state index >= 15 is 0 Å². The molecule has 0 spiro atoms. The highest BCUT2D eigenvalue weighted by Crippen LogP contribution is 2.45. The van der Waals surface area contributed by atoms with Crippen LogP contribution in [0.3, 0.4) is 0 Å². The Hall–Kier alpha value is -1.06. The van der Waals surface area contributed by atoms with Crippen molar-refractivity contribution in [3.63, 3.8) is 0 Å². The fraction of sp³-hybridized carbons (Fsp3) is 0.478. The third-order valence-corrected chi connectivity index (χ3v) is 7.01. The van der Waals surface area contributed by atoms with Crippen molar-refractivity contribution in [3.8, 4) is 0 Å². The highest BCUT2D eigenvalue weighted by Gasteiger charge is 2.53. The molecule has 5 atom stereocenters. The summed E-state index contributed by atoms with van der Waals surface area (Å²) >= 11 is 12.2. The molecule has 0 amide bonds. The van der Waals surface area contributed by atoms with Gasteiger partial charge in [-0.2, -0.15) is 0 Å². The quantitative estimate of drug-likeness (QED) is 0.670. The normalized spacial score (nSPS) is 31.0. The molecule has 2 aromatic rings. The van der Waals surface area contributed by atoms with Gasteiger partial charge in [0.05, 0.1) is 5.60 Å². The number of hydrogen-bond acceptors (Lipinski definition) is 1. The van der Waals surface area contributed by atoms with E-state index in [1.165, 1.54) is 11.1 Å². The van der Waals surface area contributed by atoms with E-state index in [9.17, 15) is 5.11 Å². The van der Waals surface area contributed by atoms with Gasteiger partial charge in [-0.25, -0.2) is 0 Å². The molecule has 1 fully saturated rings. The van der Waals surface area contributed by atoms with Crippen LogP contribution in [0.15, 0.2) is 48.5 Å². The maximum absolute atomic E-state index is 11.8. The second-order valence-electron chi connectivity index (χ2n) is 8.02. The Morgan fingerprint density at radius 2 is 1.26 bits per heavy atom. The maximum atomic E-state index is 11.8. The number of quaternary nitrogens is 1. The van der Waals surface area contributed by atoms with E-state index in [4.69, 9.17) is 23.2 Å². The van der Waals surface area contributed by atoms with Gasteiger partial charge in [-0.15, -0.1) is 0 Å². The zero-order valence-electron chi connectivity index (χ0n) is 16.3. The Labute approximate surface area is 172 Å². The van der Waals surface area contributed by atoms with Gasteiger partial charge >= 0.3 is 0 Å². The van der Waals surface area contributed by atoms with Gasteiger partial charge in [0.15, 0.2) is 0 Å². The minimum Gasteiger partial charge on any atom is -0.389 e. The average molecular weight is 407 g/mol. The van der Waals surface area contributed by atoms with Gasteiger partial charge in [-0.1, -0.05) is 81.1 Å². The van der Waals surface area contributed by atoms with E-state index in [1.807, 2.05) is 24.3 Å². The van der Waals surface area contributed by atoms with E-state index in [1.54, 1.807) is 0 Å². The molecule has 0 saturated carbocycles. The SMILES string of the molecule is CCCCC1(O)[C@H](C)[C@@H](c2ccc(Cl)cc2)[NH2+][C@H](c2ccc(Cl)cc2)[C@@H]1C. The summed E-state index contributed by atoms with van der Waals surface area (Å²) in [5.41, 5.74) is 1.72. The van der Waals surface area contributed by atoms with Gasteiger partial charge in [-0.05, 0) is 30.7 Å². The Morgan fingerprint density at radius 3 is 1.63 bits per heavy atom. The molecule has 0 bridgehead atoms. The van der Waals surface area contributed by atoms with Crippen molar-refractivity contribution in [2.24, 2.45) is 11.8 Å². The largest absolute Gasteiger partial charge is 0.389 e. The summed E-state index contributed by atoms with van der Waals surface area (Å²) in [7, 11) is 0. The number of hydrogen-bond donors (Lipinski definition) is 2. The van der Waals surface area contributed by atoms with E-state index < -0.39 is 5.60 Å². The lowest BCUT2D eigenvalue weighted by molar-refractivity contribution is -0.764. The van der Waals surface area contributed by atoms with Crippen molar-refractivity contribution in [2.45, 2.75) is 57.7 Å². The maximum Gasteiger partial charge on any atom is 0.117 e. The molecule has 1 heterocycles. The first-order chi connectivity index (χ1) is 12.9. The summed E-state index contributed by atoms with van der Waals surface area (Å²) < 4.78 is 0. The number of unbranched alkanes of at least 4 members (excludes halogenated alkanes) is 1. The Balaban J connectivity index is 2.01. The van der Waals surface area contributed by atoms with Gasteiger partial charge in [0.1, 0.15) is 12.1 Å². The van der Waals surface area contributed by atoms with Crippen LogP contribution in [0.4, 0.5) is 0 Å². The van der Waals surface area contributed by atoms with Crippen molar-refractivity contribution in [3.05, 3.63) is 69.7 Å². The number of nitrogens with two attached hydrogens (primary N) is 1. The van der Waals surface area contributed by atoms with Crippen LogP contribution in [0, 0.1) is 11.8 Å². The van der Waals surface area contributed by atoms with Crippen LogP contribution >= 0.6 is 23.2 Å². The van der Waals surface area contributed by atoms with Gasteiger partial charge in [-0.3, -0.25) is 0 Å². The summed E-state index contributed by atoms with van der Waals surface area (Å²) in [4.78, 5) is 0. The van der Waals surface area contributed by atoms with Crippen LogP contribution in [-0.4, -0.2) is 10.7 Å². The van der Waals surface area contributed by atoms with Crippen molar-refractivity contribution in [1.82, 2.24) is 0 Å². The van der Waals surface area contributed by atoms with Crippen molar-refractivity contribution < 1.29 is 10.4 Å². The summed E-state index contributed by atoms with van der Waals surface area (Å²) in [6.45, 7) is 6.57. The number of piperidine rings is 1. The first-order valence-corrected chi connectivity index (χ1v) is 10.7. The van der Waals surface area contributed by atoms with Crippen molar-refractivity contribution in [1.29, 1.82) is 0 Å². The predicted molar refractivity (Wildman–Crippen MR) is 113 cm³/mol. The number of rotatable bonds is 5. The molecule has 1 saturated heterocycles. The van der Waals surface area contributed by atoms with Crippen LogP contribution < -0.4 is 5.32 Å². The molecule has 3 rings (SSSR count). The standard InChI is InChI=1S/C23H29Cl2NO/c1-4-5-14-23(27)15(2)21(17-6-10-19(24)11-7-17)26-22(16(23)3)18-8-12-20(25)13-9-18/h6-13,15-16,21-22,26-27H,4-5,14H2,1-3H3/p+1/t15-,16+,21-,22-,23?/m0/s1. The average Bonchev–Trinajstić information content (AvgIpc) is 2.67. The molecule has 2 nitrogen and oxygen atoms in total. The molecule has 27 heavy (non-hydrogen) atoms. The lowest BCUT2D eigenvalue weighted by atomic mass is 9.64. The van der Waals surface area contributed by atoms with E-state index in [0.717, 1.165) is 29.3 Å². The molecule has 0 aromatic heterocycles. The molecule has 4 heteroatoms. The summed E-state index contributed by atoms with van der Waals surface area (Å²) in [5, 5.41) is 15.7. The first kappa shape index (κ1) is 20.7. The molecule has 0 radical (unpaired) electrons. The monoisotopic (exact) mass is 406 g/mol. The first-order valence-electron chi connectivity index (χ1n) is 9.95. The minimum atomic E-state index is -0.709. The zero-order valence-corrected chi connectivity index (χ0v) is 17.8. The Kier molecular flexibility index (Phi) is 6.53. The van der Waals surface area contributed by atoms with Crippen LogP contribution in [0.25, 0.3) is 0 Å². The fourth-order valence-electron chi connectivity index (χ4n) is 4.68. The smallest absolute Gasteiger partial charge is 0.117 e. The zero-order chi connectivity index (χ0) is 19.6. The lowest BCUT2D eigenvalue weighted by Gasteiger charge is -2.49. The summed E-state index contributed by atoms with van der Waals surface area (Å²) in [5.74, 6) is 0.285. The van der Waals surface area contributed by atoms with Crippen molar-refractivity contribution in [2.75, 3.05) is 0 Å². The van der Waals surface area contributed by atoms with E-state index in [2.05, 4.69) is 50.4 Å². The lowest BCUT2D eigenvalue weighted by Crippen LogP contribution is -2.93. The van der Waals surface area contributed by atoms with Crippen molar-refractivity contribution >= 4 is 23.2 Å². The second-order valence-corrected chi connectivity index (χ2v) is 8.89. The molecule has 1 aliphatic heterocycles. The molecule has 2 aromatic carbocycles. The number of benzene rings is 2. The molecule has 3 N–H and O–H groups in total. The van der Waals surface area contributed by atoms with Gasteiger partial charge in [0.2, 0.25) is 0 Å². The molecule has 1 aliphatic rings. The van der Waals surface area contributed by atoms with Crippen LogP contribution in [0.5, 0.6) is 0 Å². The predicted octanol–water partition coefficient (Wildman–Crippen LogP) is 5.55. The third-order valence-electron chi connectivity index (χ3n) is 6.51. The molecule has 146 valence electrons. The van der Waals surface area contributed by atoms with Crippen LogP contribution in [0.1, 0.15) is 63.2 Å².